The number of likely N-dealkylation sites (N-methyl/N-ethyl adjacent to an activating group) is 1. The molecule has 2 N–H and O–H groups in total. The van der Waals surface area contributed by atoms with Crippen molar-refractivity contribution in [1.82, 2.24) is 15.8 Å². The van der Waals surface area contributed by atoms with E-state index in [9.17, 15) is 24.1 Å². The fourth-order valence-electron chi connectivity index (χ4n) is 2.26. The Bertz CT molecular complexity index is 878. The van der Waals surface area contributed by atoms with E-state index in [0.717, 1.165) is 10.5 Å². The molecule has 10 heteroatoms. The molecule has 2 aromatic rings. The summed E-state index contributed by atoms with van der Waals surface area (Å²) in [5.74, 6) is -1.59. The van der Waals surface area contributed by atoms with Gasteiger partial charge in [0.2, 0.25) is 0 Å². The van der Waals surface area contributed by atoms with Crippen molar-refractivity contribution in [2.75, 3.05) is 13.6 Å². The lowest BCUT2D eigenvalue weighted by molar-refractivity contribution is -0.384. The van der Waals surface area contributed by atoms with Gasteiger partial charge in [0.1, 0.15) is 5.82 Å². The van der Waals surface area contributed by atoms with Gasteiger partial charge in [-0.15, -0.1) is 0 Å². The van der Waals surface area contributed by atoms with Crippen molar-refractivity contribution in [3.63, 3.8) is 0 Å². The summed E-state index contributed by atoms with van der Waals surface area (Å²) in [6, 6.07) is 9.64. The molecule has 2 amide bonds. The van der Waals surface area contributed by atoms with Gasteiger partial charge in [0, 0.05) is 34.3 Å². The van der Waals surface area contributed by atoms with Crippen LogP contribution in [-0.2, 0) is 11.3 Å². The topological polar surface area (TPSA) is 105 Å². The van der Waals surface area contributed by atoms with Crippen molar-refractivity contribution in [1.29, 1.82) is 0 Å². The highest BCUT2D eigenvalue weighted by atomic mass is 79.9. The standard InChI is InChI=1S/C17H16BrFN4O4/c1-22(9-12-7-13(18)5-6-15(12)19)10-16(24)20-21-17(25)11-3-2-4-14(8-11)23(26)27/h2-8H,9-10H2,1H3,(H,20,24)(H,21,25). The second-order valence-electron chi connectivity index (χ2n) is 5.72. The third kappa shape index (κ3) is 6.12. The zero-order valence-corrected chi connectivity index (χ0v) is 15.8. The van der Waals surface area contributed by atoms with Gasteiger partial charge < -0.3 is 0 Å². The molecule has 0 aliphatic rings. The van der Waals surface area contributed by atoms with Crippen LogP contribution in [0.25, 0.3) is 0 Å². The van der Waals surface area contributed by atoms with Crippen LogP contribution in [0.5, 0.6) is 0 Å². The maximum absolute atomic E-state index is 13.7. The minimum Gasteiger partial charge on any atom is -0.293 e. The number of halogens is 2. The average Bonchev–Trinajstić information content (AvgIpc) is 2.62. The molecule has 0 saturated carbocycles. The molecule has 142 valence electrons. The van der Waals surface area contributed by atoms with Crippen LogP contribution in [0.3, 0.4) is 0 Å². The molecule has 0 heterocycles. The third-order valence-electron chi connectivity index (χ3n) is 3.50. The smallest absolute Gasteiger partial charge is 0.270 e. The minimum atomic E-state index is -0.687. The molecule has 8 nitrogen and oxygen atoms in total. The van der Waals surface area contributed by atoms with Crippen molar-refractivity contribution < 1.29 is 18.9 Å². The molecule has 0 atom stereocenters. The Morgan fingerprint density at radius 1 is 1.22 bits per heavy atom. The first-order chi connectivity index (χ1) is 12.8. The molecular formula is C17H16BrFN4O4. The molecule has 0 spiro atoms. The summed E-state index contributed by atoms with van der Waals surface area (Å²) in [5.41, 5.74) is 4.63. The molecule has 27 heavy (non-hydrogen) atoms. The van der Waals surface area contributed by atoms with Gasteiger partial charge in [-0.25, -0.2) is 4.39 Å². The molecular weight excluding hydrogens is 423 g/mol. The number of nitrogens with zero attached hydrogens (tertiary/aromatic N) is 2. The summed E-state index contributed by atoms with van der Waals surface area (Å²) in [6.45, 7) is 0.0959. The van der Waals surface area contributed by atoms with E-state index in [4.69, 9.17) is 0 Å². The maximum atomic E-state index is 13.7. The zero-order chi connectivity index (χ0) is 20.0. The first-order valence-electron chi connectivity index (χ1n) is 7.72. The summed E-state index contributed by atoms with van der Waals surface area (Å²) in [7, 11) is 1.63. The van der Waals surface area contributed by atoms with Crippen molar-refractivity contribution in [2.24, 2.45) is 0 Å². The molecule has 0 radical (unpaired) electrons. The second kappa shape index (κ2) is 9.19. The second-order valence-corrected chi connectivity index (χ2v) is 6.63. The normalized spacial score (nSPS) is 10.5. The van der Waals surface area contributed by atoms with Crippen LogP contribution in [0.2, 0.25) is 0 Å². The van der Waals surface area contributed by atoms with Gasteiger partial charge in [-0.2, -0.15) is 0 Å². The highest BCUT2D eigenvalue weighted by molar-refractivity contribution is 9.10. The SMILES string of the molecule is CN(CC(=O)NNC(=O)c1cccc([N+](=O)[O-])c1)Cc1cc(Br)ccc1F. The Kier molecular flexibility index (Phi) is 6.97. The van der Waals surface area contributed by atoms with E-state index in [1.807, 2.05) is 0 Å². The zero-order valence-electron chi connectivity index (χ0n) is 14.2. The van der Waals surface area contributed by atoms with E-state index < -0.39 is 16.7 Å². The molecule has 2 rings (SSSR count). The van der Waals surface area contributed by atoms with Crippen LogP contribution in [0.1, 0.15) is 15.9 Å². The van der Waals surface area contributed by atoms with Gasteiger partial charge in [0.05, 0.1) is 11.5 Å². The van der Waals surface area contributed by atoms with Crippen LogP contribution < -0.4 is 10.9 Å². The summed E-state index contributed by atoms with van der Waals surface area (Å²) >= 11 is 3.26. The highest BCUT2D eigenvalue weighted by Gasteiger charge is 2.14. The number of hydrazine groups is 1. The van der Waals surface area contributed by atoms with Crippen LogP contribution in [0, 0.1) is 15.9 Å². The first kappa shape index (κ1) is 20.5. The quantitative estimate of drug-likeness (QED) is 0.532. The lowest BCUT2D eigenvalue weighted by Gasteiger charge is -2.17. The predicted octanol–water partition coefficient (Wildman–Crippen LogP) is 2.39. The summed E-state index contributed by atoms with van der Waals surface area (Å²) < 4.78 is 14.5. The molecule has 0 aliphatic carbocycles. The van der Waals surface area contributed by atoms with Gasteiger partial charge in [0.15, 0.2) is 0 Å². The van der Waals surface area contributed by atoms with Crippen LogP contribution in [0.15, 0.2) is 46.9 Å². The molecule has 0 bridgehead atoms. The van der Waals surface area contributed by atoms with Gasteiger partial charge in [0.25, 0.3) is 17.5 Å². The number of non-ortho nitro benzene ring substituents is 1. The van der Waals surface area contributed by atoms with Gasteiger partial charge >= 0.3 is 0 Å². The fourth-order valence-corrected chi connectivity index (χ4v) is 2.66. The van der Waals surface area contributed by atoms with Crippen molar-refractivity contribution >= 4 is 33.4 Å². The molecule has 0 fully saturated rings. The van der Waals surface area contributed by atoms with Crippen molar-refractivity contribution in [3.05, 3.63) is 74.0 Å². The summed E-state index contributed by atoms with van der Waals surface area (Å²) in [5, 5.41) is 10.7. The fraction of sp³-hybridized carbons (Fsp3) is 0.176. The van der Waals surface area contributed by atoms with Gasteiger partial charge in [-0.1, -0.05) is 22.0 Å². The number of hydrogen-bond acceptors (Lipinski definition) is 5. The number of nitro benzene ring substituents is 1. The van der Waals surface area contributed by atoms with E-state index >= 15 is 0 Å². The number of carbonyl (C=O) groups excluding carboxylic acids is 2. The van der Waals surface area contributed by atoms with Crippen LogP contribution in [-0.4, -0.2) is 35.2 Å². The van der Waals surface area contributed by atoms with Crippen LogP contribution >= 0.6 is 15.9 Å². The molecule has 0 aliphatic heterocycles. The number of rotatable bonds is 6. The Morgan fingerprint density at radius 3 is 2.67 bits per heavy atom. The number of hydrogen-bond donors (Lipinski definition) is 2. The van der Waals surface area contributed by atoms with Crippen molar-refractivity contribution in [2.45, 2.75) is 6.54 Å². The highest BCUT2D eigenvalue weighted by Crippen LogP contribution is 2.16. The number of nitrogens with one attached hydrogen (secondary N) is 2. The molecule has 2 aromatic carbocycles. The minimum absolute atomic E-state index is 0.0362. The molecule has 0 unspecified atom stereocenters. The summed E-state index contributed by atoms with van der Waals surface area (Å²) in [4.78, 5) is 35.6. The number of carbonyl (C=O) groups is 2. The third-order valence-corrected chi connectivity index (χ3v) is 3.99. The maximum Gasteiger partial charge on any atom is 0.270 e. The Morgan fingerprint density at radius 2 is 1.96 bits per heavy atom. The van der Waals surface area contributed by atoms with Crippen molar-refractivity contribution in [3.8, 4) is 0 Å². The monoisotopic (exact) mass is 438 g/mol. The van der Waals surface area contributed by atoms with E-state index in [1.165, 1.54) is 24.3 Å². The Hall–Kier alpha value is -2.85. The molecule has 0 saturated heterocycles. The molecule has 0 aromatic heterocycles. The van der Waals surface area contributed by atoms with Crippen LogP contribution in [0.4, 0.5) is 10.1 Å². The number of nitro groups is 1. The summed E-state index contributed by atoms with van der Waals surface area (Å²) in [6.07, 6.45) is 0. The average molecular weight is 439 g/mol. The Balaban J connectivity index is 1.86. The van der Waals surface area contributed by atoms with E-state index in [1.54, 1.807) is 24.1 Å². The van der Waals surface area contributed by atoms with E-state index in [2.05, 4.69) is 26.8 Å². The van der Waals surface area contributed by atoms with E-state index in [0.29, 0.717) is 5.56 Å². The van der Waals surface area contributed by atoms with Gasteiger partial charge in [-0.05, 0) is 31.3 Å². The lowest BCUT2D eigenvalue weighted by Crippen LogP contribution is -2.45. The first-order valence-corrected chi connectivity index (χ1v) is 8.51. The Labute approximate surface area is 162 Å². The number of benzene rings is 2. The lowest BCUT2D eigenvalue weighted by atomic mass is 10.2. The van der Waals surface area contributed by atoms with E-state index in [-0.39, 0.29) is 30.2 Å². The largest absolute Gasteiger partial charge is 0.293 e. The van der Waals surface area contributed by atoms with Gasteiger partial charge in [-0.3, -0.25) is 35.5 Å². The predicted molar refractivity (Wildman–Crippen MR) is 99.1 cm³/mol. The number of amides is 2.